The van der Waals surface area contributed by atoms with Crippen molar-refractivity contribution in [1.82, 2.24) is 10.3 Å². The number of pyridine rings is 1. The number of nitrogens with one attached hydrogen (secondary N) is 1. The van der Waals surface area contributed by atoms with Crippen LogP contribution in [0.3, 0.4) is 0 Å². The Morgan fingerprint density at radius 3 is 2.41 bits per heavy atom. The van der Waals surface area contributed by atoms with E-state index >= 15 is 0 Å². The van der Waals surface area contributed by atoms with Crippen LogP contribution in [0.5, 0.6) is 5.75 Å². The molecule has 0 spiro atoms. The van der Waals surface area contributed by atoms with E-state index in [1.807, 2.05) is 42.5 Å². The van der Waals surface area contributed by atoms with E-state index in [4.69, 9.17) is 10.5 Å². The van der Waals surface area contributed by atoms with Crippen molar-refractivity contribution in [3.63, 3.8) is 0 Å². The molecule has 0 fully saturated rings. The fourth-order valence-electron chi connectivity index (χ4n) is 2.52. The Morgan fingerprint density at radius 2 is 1.76 bits per heavy atom. The molecule has 0 unspecified atom stereocenters. The quantitative estimate of drug-likeness (QED) is 0.581. The molecular weight excluding hydrogens is 366 g/mol. The molecule has 0 atom stereocenters. The maximum atomic E-state index is 12.0. The highest BCUT2D eigenvalue weighted by Crippen LogP contribution is 2.14. The average molecular weight is 387 g/mol. The summed E-state index contributed by atoms with van der Waals surface area (Å²) in [5.41, 5.74) is 8.27. The van der Waals surface area contributed by atoms with Crippen molar-refractivity contribution in [2.75, 3.05) is 0 Å². The highest BCUT2D eigenvalue weighted by molar-refractivity contribution is 5.93. The van der Waals surface area contributed by atoms with E-state index in [0.717, 1.165) is 22.6 Å². The van der Waals surface area contributed by atoms with Gasteiger partial charge in [-0.1, -0.05) is 30.3 Å². The molecule has 1 aromatic heterocycles. The SMILES string of the molecule is NC(=O)c1ccc(CNC(=O)/C=C/c2ccc(OCc3ccccn3)cc2)cc1. The van der Waals surface area contributed by atoms with Gasteiger partial charge in [0.2, 0.25) is 11.8 Å². The van der Waals surface area contributed by atoms with Gasteiger partial charge in [-0.05, 0) is 53.6 Å². The largest absolute Gasteiger partial charge is 0.487 e. The Labute approximate surface area is 169 Å². The molecule has 0 aliphatic heterocycles. The lowest BCUT2D eigenvalue weighted by molar-refractivity contribution is -0.116. The Kier molecular flexibility index (Phi) is 6.73. The molecule has 0 saturated heterocycles. The summed E-state index contributed by atoms with van der Waals surface area (Å²) in [6.45, 7) is 0.765. The number of primary amides is 1. The lowest BCUT2D eigenvalue weighted by Crippen LogP contribution is -2.20. The minimum absolute atomic E-state index is 0.209. The number of carbonyl (C=O) groups excluding carboxylic acids is 2. The van der Waals surface area contributed by atoms with Gasteiger partial charge in [0.25, 0.3) is 0 Å². The van der Waals surface area contributed by atoms with Gasteiger partial charge in [0, 0.05) is 24.4 Å². The van der Waals surface area contributed by atoms with Crippen molar-refractivity contribution in [2.45, 2.75) is 13.2 Å². The summed E-state index contributed by atoms with van der Waals surface area (Å²) >= 11 is 0. The predicted molar refractivity (Wildman–Crippen MR) is 111 cm³/mol. The Bertz CT molecular complexity index is 982. The summed E-state index contributed by atoms with van der Waals surface area (Å²) in [6, 6.07) is 19.9. The van der Waals surface area contributed by atoms with Crippen LogP contribution in [-0.4, -0.2) is 16.8 Å². The van der Waals surface area contributed by atoms with Crippen LogP contribution < -0.4 is 15.8 Å². The average Bonchev–Trinajstić information content (AvgIpc) is 2.76. The molecule has 3 rings (SSSR count). The molecule has 3 N–H and O–H groups in total. The number of nitrogens with two attached hydrogens (primary N) is 1. The second kappa shape index (κ2) is 9.85. The van der Waals surface area contributed by atoms with Crippen LogP contribution in [-0.2, 0) is 17.9 Å². The highest BCUT2D eigenvalue weighted by Gasteiger charge is 2.01. The fourth-order valence-corrected chi connectivity index (χ4v) is 2.52. The number of ether oxygens (including phenoxy) is 1. The topological polar surface area (TPSA) is 94.3 Å². The summed E-state index contributed by atoms with van der Waals surface area (Å²) in [4.78, 5) is 27.3. The first-order valence-electron chi connectivity index (χ1n) is 9.07. The third-order valence-electron chi connectivity index (χ3n) is 4.13. The van der Waals surface area contributed by atoms with E-state index in [1.165, 1.54) is 6.08 Å². The van der Waals surface area contributed by atoms with E-state index in [-0.39, 0.29) is 5.91 Å². The lowest BCUT2D eigenvalue weighted by atomic mass is 10.1. The summed E-state index contributed by atoms with van der Waals surface area (Å²) < 4.78 is 5.69. The molecule has 6 heteroatoms. The number of hydrogen-bond acceptors (Lipinski definition) is 4. The van der Waals surface area contributed by atoms with E-state index in [1.54, 1.807) is 36.5 Å². The van der Waals surface area contributed by atoms with Crippen LogP contribution in [0.4, 0.5) is 0 Å². The van der Waals surface area contributed by atoms with E-state index in [0.29, 0.717) is 18.7 Å². The van der Waals surface area contributed by atoms with Gasteiger partial charge in [-0.3, -0.25) is 14.6 Å². The predicted octanol–water partition coefficient (Wildman–Crippen LogP) is 3.09. The van der Waals surface area contributed by atoms with Gasteiger partial charge in [-0.15, -0.1) is 0 Å². The van der Waals surface area contributed by atoms with Gasteiger partial charge in [0.05, 0.1) is 5.69 Å². The van der Waals surface area contributed by atoms with Crippen LogP contribution in [0.15, 0.2) is 79.0 Å². The zero-order valence-electron chi connectivity index (χ0n) is 15.7. The van der Waals surface area contributed by atoms with Gasteiger partial charge < -0.3 is 15.8 Å². The number of nitrogens with zero attached hydrogens (tertiary/aromatic N) is 1. The van der Waals surface area contributed by atoms with Crippen molar-refractivity contribution in [3.05, 3.63) is 101 Å². The molecule has 1 heterocycles. The molecule has 2 aromatic carbocycles. The number of amides is 2. The van der Waals surface area contributed by atoms with Gasteiger partial charge in [-0.2, -0.15) is 0 Å². The first-order chi connectivity index (χ1) is 14.1. The zero-order valence-corrected chi connectivity index (χ0v) is 15.7. The second-order valence-corrected chi connectivity index (χ2v) is 6.29. The third-order valence-corrected chi connectivity index (χ3v) is 4.13. The van der Waals surface area contributed by atoms with Gasteiger partial charge in [-0.25, -0.2) is 0 Å². The Balaban J connectivity index is 1.46. The monoisotopic (exact) mass is 387 g/mol. The van der Waals surface area contributed by atoms with Crippen molar-refractivity contribution >= 4 is 17.9 Å². The summed E-state index contributed by atoms with van der Waals surface area (Å²) in [6.07, 6.45) is 4.93. The number of rotatable bonds is 8. The molecule has 146 valence electrons. The fraction of sp³-hybridized carbons (Fsp3) is 0.0870. The second-order valence-electron chi connectivity index (χ2n) is 6.29. The summed E-state index contributed by atoms with van der Waals surface area (Å²) in [7, 11) is 0. The maximum Gasteiger partial charge on any atom is 0.248 e. The van der Waals surface area contributed by atoms with Crippen LogP contribution in [0, 0.1) is 0 Å². The zero-order chi connectivity index (χ0) is 20.5. The highest BCUT2D eigenvalue weighted by atomic mass is 16.5. The minimum atomic E-state index is -0.475. The van der Waals surface area contributed by atoms with E-state index in [9.17, 15) is 9.59 Å². The normalized spacial score (nSPS) is 10.6. The molecule has 0 aliphatic carbocycles. The van der Waals surface area contributed by atoms with Crippen LogP contribution in [0.1, 0.15) is 27.2 Å². The smallest absolute Gasteiger partial charge is 0.248 e. The van der Waals surface area contributed by atoms with Crippen LogP contribution in [0.25, 0.3) is 6.08 Å². The molecule has 0 saturated carbocycles. The van der Waals surface area contributed by atoms with Crippen molar-refractivity contribution in [1.29, 1.82) is 0 Å². The number of benzene rings is 2. The molecule has 3 aromatic rings. The molecular formula is C23H21N3O3. The number of carbonyl (C=O) groups is 2. The van der Waals surface area contributed by atoms with Crippen LogP contribution in [0.2, 0.25) is 0 Å². The molecule has 29 heavy (non-hydrogen) atoms. The van der Waals surface area contributed by atoms with Crippen molar-refractivity contribution in [3.8, 4) is 5.75 Å². The standard InChI is InChI=1S/C23H21N3O3/c24-23(28)19-9-4-18(5-10-19)15-26-22(27)13-8-17-6-11-21(12-7-17)29-16-20-3-1-2-14-25-20/h1-14H,15-16H2,(H2,24,28)(H,26,27)/b13-8+. The van der Waals surface area contributed by atoms with Crippen molar-refractivity contribution < 1.29 is 14.3 Å². The minimum Gasteiger partial charge on any atom is -0.487 e. The van der Waals surface area contributed by atoms with E-state index < -0.39 is 5.91 Å². The first-order valence-corrected chi connectivity index (χ1v) is 9.07. The molecule has 2 amide bonds. The Hall–Kier alpha value is -3.93. The Morgan fingerprint density at radius 1 is 1.00 bits per heavy atom. The summed E-state index contributed by atoms with van der Waals surface area (Å²) in [5, 5.41) is 2.79. The molecule has 0 aliphatic rings. The van der Waals surface area contributed by atoms with Gasteiger partial charge >= 0.3 is 0 Å². The van der Waals surface area contributed by atoms with Gasteiger partial charge in [0.15, 0.2) is 0 Å². The molecule has 0 bridgehead atoms. The molecule has 6 nitrogen and oxygen atoms in total. The third kappa shape index (κ3) is 6.32. The number of aromatic nitrogens is 1. The first kappa shape index (κ1) is 19.8. The molecule has 0 radical (unpaired) electrons. The maximum absolute atomic E-state index is 12.0. The lowest BCUT2D eigenvalue weighted by Gasteiger charge is -2.06. The summed E-state index contributed by atoms with van der Waals surface area (Å²) in [5.74, 6) is 0.0489. The van der Waals surface area contributed by atoms with Crippen molar-refractivity contribution in [2.24, 2.45) is 5.73 Å². The van der Waals surface area contributed by atoms with E-state index in [2.05, 4.69) is 10.3 Å². The van der Waals surface area contributed by atoms with Crippen LogP contribution >= 0.6 is 0 Å². The number of hydrogen-bond donors (Lipinski definition) is 2. The van der Waals surface area contributed by atoms with Gasteiger partial charge in [0.1, 0.15) is 12.4 Å².